The summed E-state index contributed by atoms with van der Waals surface area (Å²) in [6.07, 6.45) is 8.74. The lowest BCUT2D eigenvalue weighted by atomic mass is 10.1. The average molecular weight is 1260 g/mol. The molecule has 470 valence electrons. The zero-order valence-electron chi connectivity index (χ0n) is 48.1. The number of furan rings is 5. The van der Waals surface area contributed by atoms with Crippen molar-refractivity contribution in [1.82, 2.24) is 24.1 Å². The first kappa shape index (κ1) is 67.7. The number of halogens is 1. The van der Waals surface area contributed by atoms with E-state index in [4.69, 9.17) is 67.8 Å². The summed E-state index contributed by atoms with van der Waals surface area (Å²) >= 11 is 6.53. The molecule has 1 saturated heterocycles. The van der Waals surface area contributed by atoms with Crippen molar-refractivity contribution in [3.63, 3.8) is 0 Å². The lowest BCUT2D eigenvalue weighted by Gasteiger charge is -2.14. The van der Waals surface area contributed by atoms with E-state index < -0.39 is 42.2 Å². The minimum Gasteiger partial charge on any atom is -0.463 e. The summed E-state index contributed by atoms with van der Waals surface area (Å²) in [5, 5.41) is 0.0638. The Bertz CT molecular complexity index is 3820. The smallest absolute Gasteiger partial charge is 0.357 e. The van der Waals surface area contributed by atoms with Gasteiger partial charge in [-0.1, -0.05) is 58.1 Å². The topological polar surface area (TPSA) is 350 Å². The van der Waals surface area contributed by atoms with E-state index in [1.165, 1.54) is 55.7 Å². The van der Waals surface area contributed by atoms with Crippen molar-refractivity contribution in [2.24, 2.45) is 11.7 Å². The molecule has 88 heavy (non-hydrogen) atoms. The van der Waals surface area contributed by atoms with Crippen LogP contribution in [0.4, 0.5) is 0 Å². The molecule has 0 saturated carbocycles. The number of nitrogens with zero attached hydrogens (tertiary/aromatic N) is 2. The number of esters is 5. The standard InChI is InChI=1S/C16H22N2O5.C14H15NO6.C12H11NO4.C9H9NO2S.C8H6ClNO3.CH4/c1-10(2)15(17)16(20)23-7-6-21-9-18-12-4-5-22-14(12)8-13(18)11(3)19;1-9(16)3-5-20-14(18)12-7-13-11(4-6-19-13)15(12)8-21-10(2)17;1-7-2-3-11(16-7)17-12(14)9-6-10-8(13-9)4-5-15-10;1-2-13-9(11)7-5-8-6(10-7)3-4-12-8;9-4-13-8(11)6-3-7-5(10-6)1-2-12-7;/h4-5,8,10,15H,6-7,9,17H2,1-3H3;4,6-7H,3,5,8H2,1-2H3;4-6,11,13H,1-3H2;3-5,10H,2H2,1H3;1-3,10H,4H2;1H4/t15-;;;;;/m1...../s1. The van der Waals surface area contributed by atoms with Crippen molar-refractivity contribution in [2.75, 3.05) is 31.6 Å². The van der Waals surface area contributed by atoms with Crippen LogP contribution in [0.1, 0.15) is 121 Å². The number of hydrogen-bond donors (Lipinski definition) is 4. The third-order valence-electron chi connectivity index (χ3n) is 12.4. The molecule has 0 radical (unpaired) electrons. The number of ether oxygens (including phenoxy) is 7. The summed E-state index contributed by atoms with van der Waals surface area (Å²) in [5.74, 6) is -1.10. The number of fused-ring (bicyclic) bond motifs is 5. The van der Waals surface area contributed by atoms with Crippen LogP contribution < -0.4 is 5.73 Å². The van der Waals surface area contributed by atoms with Gasteiger partial charge in [-0.25, -0.2) is 14.4 Å². The van der Waals surface area contributed by atoms with E-state index in [0.29, 0.717) is 62.8 Å². The van der Waals surface area contributed by atoms with Gasteiger partial charge in [0.1, 0.15) is 42.2 Å². The molecule has 1 aliphatic rings. The number of nitrogens with two attached hydrogens (primary N) is 1. The van der Waals surface area contributed by atoms with Gasteiger partial charge in [-0.05, 0) is 18.6 Å². The molecule has 1 aliphatic heterocycles. The minimum atomic E-state index is -0.630. The van der Waals surface area contributed by atoms with Crippen LogP contribution in [0.2, 0.25) is 0 Å². The van der Waals surface area contributed by atoms with Gasteiger partial charge < -0.3 is 80.5 Å². The molecule has 2 atom stereocenters. The van der Waals surface area contributed by atoms with E-state index in [-0.39, 0.29) is 81.5 Å². The Morgan fingerprint density at radius 3 is 1.68 bits per heavy atom. The number of aromatic amines is 3. The van der Waals surface area contributed by atoms with E-state index >= 15 is 0 Å². The highest BCUT2D eigenvalue weighted by Gasteiger charge is 2.26. The van der Waals surface area contributed by atoms with E-state index in [0.717, 1.165) is 39.8 Å². The van der Waals surface area contributed by atoms with Crippen LogP contribution in [0.3, 0.4) is 0 Å². The van der Waals surface area contributed by atoms with Crippen molar-refractivity contribution >= 4 is 125 Å². The lowest BCUT2D eigenvalue weighted by molar-refractivity contribution is -0.148. The van der Waals surface area contributed by atoms with Crippen LogP contribution in [0.25, 0.3) is 55.5 Å². The zero-order valence-corrected chi connectivity index (χ0v) is 49.7. The Kier molecular flexibility index (Phi) is 24.9. The zero-order chi connectivity index (χ0) is 62.7. The second kappa shape index (κ2) is 32.3. The number of aromatic nitrogens is 5. The van der Waals surface area contributed by atoms with Crippen molar-refractivity contribution in [1.29, 1.82) is 0 Å². The molecule has 0 aliphatic carbocycles. The van der Waals surface area contributed by atoms with E-state index in [1.807, 2.05) is 26.8 Å². The van der Waals surface area contributed by atoms with Crippen LogP contribution in [0, 0.1) is 5.92 Å². The maximum atomic E-state index is 12.0. The molecular weight excluding hydrogens is 1190 g/mol. The summed E-state index contributed by atoms with van der Waals surface area (Å²) in [4.78, 5) is 100. The number of allylic oxidation sites excluding steroid dienone is 1. The minimum absolute atomic E-state index is 0. The van der Waals surface area contributed by atoms with Gasteiger partial charge in [0, 0.05) is 93.8 Å². The fourth-order valence-corrected chi connectivity index (χ4v) is 8.62. The predicted octanol–water partition coefficient (Wildman–Crippen LogP) is 11.8. The van der Waals surface area contributed by atoms with Gasteiger partial charge >= 0.3 is 29.8 Å². The van der Waals surface area contributed by atoms with Gasteiger partial charge in [0.05, 0.1) is 89.3 Å². The number of nitrogens with one attached hydrogen (secondary N) is 3. The number of Topliss-reactive ketones (excluding diaryl/α,β-unsaturated/α-hetero) is 2. The monoisotopic (exact) mass is 1260 g/mol. The van der Waals surface area contributed by atoms with Crippen molar-refractivity contribution < 1.29 is 93.6 Å². The Morgan fingerprint density at radius 2 is 1.18 bits per heavy atom. The normalized spacial score (nSPS) is 12.8. The van der Waals surface area contributed by atoms with Crippen LogP contribution >= 0.6 is 23.4 Å². The van der Waals surface area contributed by atoms with Gasteiger partial charge in [0.15, 0.2) is 46.5 Å². The SMILES string of the molecule is C.C=C1CCC(OC(=O)c2cc3occc3[nH]2)O1.CC(=O)CCOC(=O)c1cc2occc2n1COC(C)=O.CC(=O)c1cc2occc2n1COCCOC(=O)[C@H](N)C(C)C.CCSC(=O)c1cc2occc2[nH]1.O=C(OCCl)c1cc2occc2[nH]1. The second-order valence-electron chi connectivity index (χ2n) is 19.1. The van der Waals surface area contributed by atoms with Gasteiger partial charge in [0.2, 0.25) is 11.4 Å². The molecule has 0 amide bonds. The molecule has 10 aromatic heterocycles. The molecule has 1 fully saturated rings. The maximum absolute atomic E-state index is 12.0. The highest BCUT2D eigenvalue weighted by atomic mass is 35.5. The summed E-state index contributed by atoms with van der Waals surface area (Å²) in [7, 11) is 0. The predicted molar refractivity (Wildman–Crippen MR) is 321 cm³/mol. The summed E-state index contributed by atoms with van der Waals surface area (Å²) in [6, 6.07) is 16.0. The molecular formula is C60H67ClN6O20S. The number of H-pyrrole nitrogens is 3. The van der Waals surface area contributed by atoms with Gasteiger partial charge in [0.25, 0.3) is 0 Å². The van der Waals surface area contributed by atoms with Gasteiger partial charge in [-0.15, -0.1) is 0 Å². The number of rotatable bonds is 20. The van der Waals surface area contributed by atoms with Crippen LogP contribution in [-0.2, 0) is 61.0 Å². The molecule has 26 nitrogen and oxygen atoms in total. The molecule has 11 rings (SSSR count). The summed E-state index contributed by atoms with van der Waals surface area (Å²) in [6.45, 7) is 13.9. The fourth-order valence-electron chi connectivity index (χ4n) is 7.99. The molecule has 28 heteroatoms. The number of alkyl halides is 1. The Balaban J connectivity index is 0.000000178. The van der Waals surface area contributed by atoms with Crippen LogP contribution in [0.5, 0.6) is 0 Å². The highest BCUT2D eigenvalue weighted by Crippen LogP contribution is 2.26. The lowest BCUT2D eigenvalue weighted by Crippen LogP contribution is -2.37. The van der Waals surface area contributed by atoms with E-state index in [2.05, 4.69) is 26.3 Å². The first-order valence-electron chi connectivity index (χ1n) is 26.8. The van der Waals surface area contributed by atoms with Crippen LogP contribution in [0.15, 0.2) is 126 Å². The molecule has 5 N–H and O–H groups in total. The Hall–Kier alpha value is -9.44. The summed E-state index contributed by atoms with van der Waals surface area (Å²) in [5.41, 5.74) is 14.7. The third kappa shape index (κ3) is 18.3. The number of ketones is 2. The quantitative estimate of drug-likeness (QED) is 0.0181. The molecule has 0 aromatic carbocycles. The maximum Gasteiger partial charge on any atom is 0.357 e. The Morgan fingerprint density at radius 1 is 0.659 bits per heavy atom. The van der Waals surface area contributed by atoms with Crippen LogP contribution in [-0.4, -0.2) is 115 Å². The molecule has 1 unspecified atom stereocenters. The van der Waals surface area contributed by atoms with Crippen molar-refractivity contribution in [2.45, 2.75) is 94.0 Å². The molecule has 11 heterocycles. The number of hydrogen-bond acceptors (Lipinski definition) is 22. The first-order valence-corrected chi connectivity index (χ1v) is 28.4. The molecule has 0 spiro atoms. The number of carbonyl (C=O) groups excluding carboxylic acids is 8. The van der Waals surface area contributed by atoms with E-state index in [1.54, 1.807) is 71.9 Å². The van der Waals surface area contributed by atoms with Gasteiger partial charge in [-0.2, -0.15) is 0 Å². The molecule has 0 bridgehead atoms. The van der Waals surface area contributed by atoms with Gasteiger partial charge in [-0.3, -0.25) is 28.5 Å². The van der Waals surface area contributed by atoms with Crippen molar-refractivity contribution in [3.8, 4) is 0 Å². The Labute approximate surface area is 511 Å². The summed E-state index contributed by atoms with van der Waals surface area (Å²) < 4.78 is 64.5. The number of carbonyl (C=O) groups is 8. The molecule has 10 aromatic rings. The highest BCUT2D eigenvalue weighted by molar-refractivity contribution is 8.14. The van der Waals surface area contributed by atoms with Crippen molar-refractivity contribution in [3.05, 3.63) is 133 Å². The first-order chi connectivity index (χ1) is 41.7. The third-order valence-corrected chi connectivity index (χ3v) is 13.3. The average Bonchev–Trinajstić information content (AvgIpc) is 2.01. The fraction of sp³-hybridized carbons (Fsp3) is 0.333. The largest absolute Gasteiger partial charge is 0.463 e. The second-order valence-corrected chi connectivity index (χ2v) is 20.5. The van der Waals surface area contributed by atoms with E-state index in [9.17, 15) is 38.4 Å². The number of thioether (sulfide) groups is 1.